The summed E-state index contributed by atoms with van der Waals surface area (Å²) in [4.78, 5) is 5.31. The van der Waals surface area contributed by atoms with E-state index in [-0.39, 0.29) is 0 Å². The molecule has 0 aromatic heterocycles. The van der Waals surface area contributed by atoms with Crippen molar-refractivity contribution in [1.82, 2.24) is 0 Å². The van der Waals surface area contributed by atoms with Crippen molar-refractivity contribution in [3.63, 3.8) is 0 Å². The van der Waals surface area contributed by atoms with Gasteiger partial charge in [-0.05, 0) is 69.0 Å². The molecule has 5 heteroatoms. The van der Waals surface area contributed by atoms with Crippen LogP contribution in [-0.4, -0.2) is 17.2 Å². The number of phenols is 1. The van der Waals surface area contributed by atoms with Crippen molar-refractivity contribution in [2.24, 2.45) is 4.99 Å². The summed E-state index contributed by atoms with van der Waals surface area (Å²) in [6, 6.07) is 3.94. The molecule has 0 atom stereocenters. The Morgan fingerprint density at radius 2 is 2.00 bits per heavy atom. The Balaban J connectivity index is 2.37. The number of hydrogen-bond acceptors (Lipinski definition) is 3. The highest BCUT2D eigenvalue weighted by molar-refractivity contribution is 14.1. The topological polar surface area (TPSA) is 32.6 Å². The molecule has 0 fully saturated rings. The van der Waals surface area contributed by atoms with E-state index in [0.29, 0.717) is 5.75 Å². The molecule has 78 valence electrons. The molecule has 0 aliphatic carbocycles. The third kappa shape index (κ3) is 2.88. The molecule has 2 rings (SSSR count). The van der Waals surface area contributed by atoms with E-state index in [1.54, 1.807) is 11.8 Å². The van der Waals surface area contributed by atoms with Gasteiger partial charge in [-0.15, -0.1) is 11.8 Å². The van der Waals surface area contributed by atoms with E-state index in [1.807, 2.05) is 18.3 Å². The van der Waals surface area contributed by atoms with E-state index in [1.165, 1.54) is 4.91 Å². The molecular weight excluding hydrogens is 436 g/mol. The van der Waals surface area contributed by atoms with Gasteiger partial charge in [0.25, 0.3) is 0 Å². The summed E-state index contributed by atoms with van der Waals surface area (Å²) in [5, 5.41) is 9.62. The van der Waals surface area contributed by atoms with E-state index in [0.717, 1.165) is 18.6 Å². The molecule has 0 amide bonds. The van der Waals surface area contributed by atoms with Gasteiger partial charge >= 0.3 is 0 Å². The summed E-state index contributed by atoms with van der Waals surface area (Å²) in [5.74, 6) is 1.18. The zero-order valence-electron chi connectivity index (χ0n) is 7.58. The number of phenolic OH excluding ortho intramolecular Hbond substituents is 1. The maximum atomic E-state index is 9.62. The highest BCUT2D eigenvalue weighted by Crippen LogP contribution is 2.29. The molecule has 1 aromatic carbocycles. The van der Waals surface area contributed by atoms with Crippen molar-refractivity contribution >= 4 is 69.2 Å². The average molecular weight is 443 g/mol. The fourth-order valence-electron chi connectivity index (χ4n) is 1.19. The number of rotatable bonds is 1. The van der Waals surface area contributed by atoms with Gasteiger partial charge in [0.05, 0.1) is 13.0 Å². The number of aromatic hydroxyl groups is 1. The zero-order valence-corrected chi connectivity index (χ0v) is 12.7. The Bertz CT molecular complexity index is 434. The number of allylic oxidation sites excluding steroid dienone is 1. The van der Waals surface area contributed by atoms with Crippen LogP contribution < -0.4 is 0 Å². The predicted molar refractivity (Wildman–Crippen MR) is 82.5 cm³/mol. The van der Waals surface area contributed by atoms with Crippen LogP contribution in [0.25, 0.3) is 6.08 Å². The maximum absolute atomic E-state index is 9.62. The molecule has 1 aliphatic rings. The third-order valence-electron chi connectivity index (χ3n) is 1.87. The lowest BCUT2D eigenvalue weighted by atomic mass is 10.2. The summed E-state index contributed by atoms with van der Waals surface area (Å²) in [5.41, 5.74) is 1.11. The van der Waals surface area contributed by atoms with Gasteiger partial charge in [-0.25, -0.2) is 0 Å². The van der Waals surface area contributed by atoms with Crippen LogP contribution in [0.3, 0.4) is 0 Å². The molecule has 1 N–H and O–H groups in total. The van der Waals surface area contributed by atoms with E-state index in [9.17, 15) is 5.11 Å². The molecule has 1 heterocycles. The van der Waals surface area contributed by atoms with Crippen LogP contribution in [0.15, 0.2) is 22.0 Å². The normalized spacial score (nSPS) is 17.6. The molecule has 0 unspecified atom stereocenters. The lowest BCUT2D eigenvalue weighted by Gasteiger charge is -2.02. The number of aliphatic imine (C=N–C) groups is 1. The van der Waals surface area contributed by atoms with Crippen molar-refractivity contribution in [1.29, 1.82) is 0 Å². The molecular formula is C10H7I2NOS. The van der Waals surface area contributed by atoms with E-state index in [2.05, 4.69) is 56.3 Å². The first-order chi connectivity index (χ1) is 7.16. The molecule has 0 spiro atoms. The fourth-order valence-corrected chi connectivity index (χ4v) is 3.67. The number of hydrogen-bond donors (Lipinski definition) is 1. The number of thioether (sulfide) groups is 1. The Morgan fingerprint density at radius 1 is 1.33 bits per heavy atom. The van der Waals surface area contributed by atoms with Crippen LogP contribution >= 0.6 is 56.9 Å². The van der Waals surface area contributed by atoms with Crippen molar-refractivity contribution in [3.05, 3.63) is 29.7 Å². The zero-order chi connectivity index (χ0) is 10.8. The Morgan fingerprint density at radius 3 is 2.53 bits per heavy atom. The quantitative estimate of drug-likeness (QED) is 0.672. The van der Waals surface area contributed by atoms with E-state index >= 15 is 0 Å². The highest BCUT2D eigenvalue weighted by Gasteiger charge is 2.06. The second-order valence-corrected chi connectivity index (χ2v) is 6.31. The standard InChI is InChI=1S/C10H7I2NOS/c11-8-2-6(3-9(12)10(8)14)1-7-4-13-5-15-7/h1-4,14H,5H2. The second-order valence-electron chi connectivity index (χ2n) is 2.96. The van der Waals surface area contributed by atoms with Crippen LogP contribution in [-0.2, 0) is 0 Å². The molecule has 15 heavy (non-hydrogen) atoms. The molecule has 0 bridgehead atoms. The average Bonchev–Trinajstić information content (AvgIpc) is 2.66. The van der Waals surface area contributed by atoms with Crippen molar-refractivity contribution in [3.8, 4) is 5.75 Å². The maximum Gasteiger partial charge on any atom is 0.142 e. The number of halogens is 2. The van der Waals surface area contributed by atoms with Crippen LogP contribution in [0, 0.1) is 7.14 Å². The lowest BCUT2D eigenvalue weighted by molar-refractivity contribution is 0.467. The summed E-state index contributed by atoms with van der Waals surface area (Å²) >= 11 is 6.00. The first-order valence-electron chi connectivity index (χ1n) is 4.19. The minimum absolute atomic E-state index is 0.367. The minimum atomic E-state index is 0.367. The van der Waals surface area contributed by atoms with Gasteiger partial charge in [0.15, 0.2) is 0 Å². The smallest absolute Gasteiger partial charge is 0.142 e. The third-order valence-corrected chi connectivity index (χ3v) is 4.35. The van der Waals surface area contributed by atoms with E-state index < -0.39 is 0 Å². The van der Waals surface area contributed by atoms with Gasteiger partial charge in [0.2, 0.25) is 0 Å². The van der Waals surface area contributed by atoms with Gasteiger partial charge in [-0.1, -0.05) is 0 Å². The molecule has 2 nitrogen and oxygen atoms in total. The monoisotopic (exact) mass is 443 g/mol. The molecule has 0 saturated heterocycles. The SMILES string of the molecule is Oc1c(I)cc(C=C2C=NCS2)cc1I. The van der Waals surface area contributed by atoms with Crippen LogP contribution in [0.4, 0.5) is 0 Å². The number of benzene rings is 1. The highest BCUT2D eigenvalue weighted by atomic mass is 127. The summed E-state index contributed by atoms with van der Waals surface area (Å²) < 4.78 is 1.76. The first-order valence-corrected chi connectivity index (χ1v) is 7.33. The minimum Gasteiger partial charge on any atom is -0.506 e. The Kier molecular flexibility index (Phi) is 3.94. The predicted octanol–water partition coefficient (Wildman–Crippen LogP) is 3.72. The molecule has 0 saturated carbocycles. The summed E-state index contributed by atoms with van der Waals surface area (Å²) in [6.45, 7) is 0. The van der Waals surface area contributed by atoms with Crippen LogP contribution in [0.2, 0.25) is 0 Å². The van der Waals surface area contributed by atoms with E-state index in [4.69, 9.17) is 0 Å². The molecule has 1 aromatic rings. The Labute approximate surface area is 120 Å². The van der Waals surface area contributed by atoms with Gasteiger partial charge in [0.1, 0.15) is 5.75 Å². The van der Waals surface area contributed by atoms with Crippen LogP contribution in [0.1, 0.15) is 5.56 Å². The van der Waals surface area contributed by atoms with Gasteiger partial charge < -0.3 is 5.11 Å². The summed E-state index contributed by atoms with van der Waals surface area (Å²) in [7, 11) is 0. The van der Waals surface area contributed by atoms with Gasteiger partial charge in [0, 0.05) is 11.1 Å². The first kappa shape index (κ1) is 11.7. The van der Waals surface area contributed by atoms with Crippen molar-refractivity contribution in [2.75, 3.05) is 5.88 Å². The summed E-state index contributed by atoms with van der Waals surface area (Å²) in [6.07, 6.45) is 3.97. The van der Waals surface area contributed by atoms with Crippen molar-refractivity contribution in [2.45, 2.75) is 0 Å². The number of nitrogens with zero attached hydrogens (tertiary/aromatic N) is 1. The second kappa shape index (κ2) is 5.05. The molecule has 0 radical (unpaired) electrons. The van der Waals surface area contributed by atoms with Crippen LogP contribution in [0.5, 0.6) is 5.75 Å². The largest absolute Gasteiger partial charge is 0.506 e. The fraction of sp³-hybridized carbons (Fsp3) is 0.100. The molecule has 1 aliphatic heterocycles. The van der Waals surface area contributed by atoms with Gasteiger partial charge in [-0.3, -0.25) is 4.99 Å². The Hall–Kier alpha value is 0.240. The lowest BCUT2D eigenvalue weighted by Crippen LogP contribution is -1.83. The van der Waals surface area contributed by atoms with Crippen molar-refractivity contribution < 1.29 is 5.11 Å². The van der Waals surface area contributed by atoms with Gasteiger partial charge in [-0.2, -0.15) is 0 Å².